The number of amides is 3. The first-order valence-electron chi connectivity index (χ1n) is 9.81. The average molecular weight is 398 g/mol. The fourth-order valence-corrected chi connectivity index (χ4v) is 3.34. The van der Waals surface area contributed by atoms with Gasteiger partial charge in [-0.25, -0.2) is 4.98 Å². The lowest BCUT2D eigenvalue weighted by atomic mass is 10.0. The molecule has 0 radical (unpaired) electrons. The number of H-pyrrole nitrogens is 1. The molecule has 1 aliphatic rings. The zero-order chi connectivity index (χ0) is 20.8. The molecule has 2 aromatic rings. The number of carbonyl (C=O) groups excluding carboxylic acids is 3. The van der Waals surface area contributed by atoms with Gasteiger partial charge in [-0.05, 0) is 18.9 Å². The Morgan fingerprint density at radius 3 is 2.62 bits per heavy atom. The molecule has 0 aliphatic carbocycles. The summed E-state index contributed by atoms with van der Waals surface area (Å²) in [4.78, 5) is 45.5. The second-order valence-corrected chi connectivity index (χ2v) is 7.01. The molecule has 0 bridgehead atoms. The smallest absolute Gasteiger partial charge is 0.313 e. The summed E-state index contributed by atoms with van der Waals surface area (Å²) in [6.45, 7) is 5.22. The maximum atomic E-state index is 13.0. The van der Waals surface area contributed by atoms with Crippen molar-refractivity contribution < 1.29 is 14.4 Å². The minimum atomic E-state index is -0.888. The van der Waals surface area contributed by atoms with Gasteiger partial charge in [0.1, 0.15) is 11.9 Å². The molecule has 1 unspecified atom stereocenters. The van der Waals surface area contributed by atoms with Gasteiger partial charge in [-0.15, -0.1) is 0 Å². The van der Waals surface area contributed by atoms with Crippen LogP contribution in [0, 0.1) is 6.92 Å². The molecule has 1 fully saturated rings. The molecule has 2 heterocycles. The first kappa shape index (κ1) is 20.5. The maximum Gasteiger partial charge on any atom is 0.313 e. The van der Waals surface area contributed by atoms with Crippen LogP contribution in [0.25, 0.3) is 0 Å². The molecule has 3 amide bonds. The van der Waals surface area contributed by atoms with Crippen LogP contribution in [0.4, 0.5) is 0 Å². The topological polar surface area (TPSA) is 111 Å². The normalized spacial score (nSPS) is 15.5. The molecule has 154 valence electrons. The van der Waals surface area contributed by atoms with Gasteiger partial charge in [0.05, 0.1) is 6.54 Å². The Morgan fingerprint density at radius 2 is 1.97 bits per heavy atom. The Kier molecular flexibility index (Phi) is 6.58. The maximum absolute atomic E-state index is 13.0. The van der Waals surface area contributed by atoms with Crippen molar-refractivity contribution in [3.63, 3.8) is 0 Å². The molecule has 9 heteroatoms. The second-order valence-electron chi connectivity index (χ2n) is 7.01. The Labute approximate surface area is 169 Å². The number of benzene rings is 1. The predicted molar refractivity (Wildman–Crippen MR) is 105 cm³/mol. The van der Waals surface area contributed by atoms with E-state index in [1.807, 2.05) is 13.0 Å². The number of nitrogens with zero attached hydrogens (tertiary/aromatic N) is 4. The summed E-state index contributed by atoms with van der Waals surface area (Å²) in [5.74, 6) is -0.470. The number of hydrogen-bond acceptors (Lipinski definition) is 5. The summed E-state index contributed by atoms with van der Waals surface area (Å²) in [5, 5.41) is 9.52. The second kappa shape index (κ2) is 9.31. The lowest BCUT2D eigenvalue weighted by Gasteiger charge is -2.38. The molecule has 1 saturated heterocycles. The van der Waals surface area contributed by atoms with Gasteiger partial charge in [-0.1, -0.05) is 43.7 Å². The van der Waals surface area contributed by atoms with E-state index >= 15 is 0 Å². The van der Waals surface area contributed by atoms with E-state index in [2.05, 4.69) is 20.5 Å². The van der Waals surface area contributed by atoms with Crippen LogP contribution in [0.5, 0.6) is 0 Å². The van der Waals surface area contributed by atoms with Gasteiger partial charge in [-0.2, -0.15) is 5.10 Å². The predicted octanol–water partition coefficient (Wildman–Crippen LogP) is 0.942. The fourth-order valence-electron chi connectivity index (χ4n) is 3.34. The lowest BCUT2D eigenvalue weighted by Crippen LogP contribution is -2.57. The number of rotatable bonds is 8. The van der Waals surface area contributed by atoms with Crippen molar-refractivity contribution in [1.29, 1.82) is 0 Å². The number of hydrogen-bond donors (Lipinski definition) is 2. The van der Waals surface area contributed by atoms with Crippen LogP contribution >= 0.6 is 0 Å². The van der Waals surface area contributed by atoms with E-state index in [0.717, 1.165) is 12.8 Å². The highest BCUT2D eigenvalue weighted by molar-refractivity contribution is 6.35. The highest BCUT2D eigenvalue weighted by Gasteiger charge is 2.39. The number of aryl methyl sites for hydroxylation is 1. The third kappa shape index (κ3) is 4.79. The van der Waals surface area contributed by atoms with Crippen molar-refractivity contribution in [3.8, 4) is 0 Å². The molecule has 29 heavy (non-hydrogen) atoms. The van der Waals surface area contributed by atoms with E-state index in [-0.39, 0.29) is 12.5 Å². The van der Waals surface area contributed by atoms with E-state index in [9.17, 15) is 14.4 Å². The van der Waals surface area contributed by atoms with Crippen molar-refractivity contribution in [2.45, 2.75) is 39.3 Å². The Hall–Kier alpha value is -3.23. The van der Waals surface area contributed by atoms with Crippen LogP contribution in [-0.2, 0) is 20.9 Å². The van der Waals surface area contributed by atoms with Crippen LogP contribution in [0.1, 0.15) is 43.0 Å². The summed E-state index contributed by atoms with van der Waals surface area (Å²) in [6.07, 6.45) is 1.79. The molecule has 1 aliphatic heterocycles. The zero-order valence-electron chi connectivity index (χ0n) is 16.7. The molecule has 0 saturated carbocycles. The van der Waals surface area contributed by atoms with Crippen LogP contribution < -0.4 is 5.32 Å². The molecular weight excluding hydrogens is 372 g/mol. The van der Waals surface area contributed by atoms with Crippen LogP contribution in [-0.4, -0.2) is 62.3 Å². The first-order valence-corrected chi connectivity index (χ1v) is 9.81. The van der Waals surface area contributed by atoms with E-state index in [1.165, 1.54) is 4.90 Å². The largest absolute Gasteiger partial charge is 0.347 e. The number of piperazine rings is 1. The van der Waals surface area contributed by atoms with Crippen LogP contribution in [0.15, 0.2) is 30.3 Å². The quantitative estimate of drug-likeness (QED) is 0.643. The molecule has 3 rings (SSSR count). The summed E-state index contributed by atoms with van der Waals surface area (Å²) >= 11 is 0. The van der Waals surface area contributed by atoms with Crippen molar-refractivity contribution in [2.75, 3.05) is 19.6 Å². The Bertz CT molecular complexity index is 866. The number of carbonyl (C=O) groups is 3. The minimum absolute atomic E-state index is 0.130. The van der Waals surface area contributed by atoms with Gasteiger partial charge in [0, 0.05) is 19.6 Å². The van der Waals surface area contributed by atoms with E-state index in [1.54, 1.807) is 36.1 Å². The third-order valence-corrected chi connectivity index (χ3v) is 4.86. The molecule has 1 atom stereocenters. The summed E-state index contributed by atoms with van der Waals surface area (Å²) in [7, 11) is 0. The first-order chi connectivity index (χ1) is 14.0. The standard InChI is InChI=1S/C20H26N6O3/c1-3-4-10-25-11-12-26(20(29)19(25)28)17(15-8-6-5-7-9-15)18(27)21-13-16-22-14(2)23-24-16/h5-9,17H,3-4,10-13H2,1-2H3,(H,21,27)(H,22,23,24). The van der Waals surface area contributed by atoms with Crippen molar-refractivity contribution in [2.24, 2.45) is 0 Å². The van der Waals surface area contributed by atoms with E-state index in [4.69, 9.17) is 0 Å². The third-order valence-electron chi connectivity index (χ3n) is 4.86. The molecule has 1 aromatic heterocycles. The van der Waals surface area contributed by atoms with Crippen LogP contribution in [0.3, 0.4) is 0 Å². The molecule has 0 spiro atoms. The van der Waals surface area contributed by atoms with Gasteiger partial charge >= 0.3 is 11.8 Å². The van der Waals surface area contributed by atoms with Crippen molar-refractivity contribution >= 4 is 17.7 Å². The fraction of sp³-hybridized carbons (Fsp3) is 0.450. The number of aromatic nitrogens is 3. The minimum Gasteiger partial charge on any atom is -0.347 e. The summed E-state index contributed by atoms with van der Waals surface area (Å²) in [5.41, 5.74) is 0.652. The van der Waals surface area contributed by atoms with E-state index < -0.39 is 17.9 Å². The van der Waals surface area contributed by atoms with Crippen molar-refractivity contribution in [1.82, 2.24) is 30.3 Å². The molecule has 9 nitrogen and oxygen atoms in total. The Morgan fingerprint density at radius 1 is 1.21 bits per heavy atom. The number of unbranched alkanes of at least 4 members (excludes halogenated alkanes) is 1. The van der Waals surface area contributed by atoms with E-state index in [0.29, 0.717) is 36.8 Å². The lowest BCUT2D eigenvalue weighted by molar-refractivity contribution is -0.159. The Balaban J connectivity index is 1.78. The highest BCUT2D eigenvalue weighted by atomic mass is 16.2. The van der Waals surface area contributed by atoms with Gasteiger partial charge in [0.2, 0.25) is 5.91 Å². The average Bonchev–Trinajstić information content (AvgIpc) is 3.15. The molecular formula is C20H26N6O3. The monoisotopic (exact) mass is 398 g/mol. The summed E-state index contributed by atoms with van der Waals surface area (Å²) < 4.78 is 0. The molecule has 2 N–H and O–H groups in total. The SMILES string of the molecule is CCCCN1CCN(C(C(=O)NCc2n[nH]c(C)n2)c2ccccc2)C(=O)C1=O. The van der Waals surface area contributed by atoms with Gasteiger partial charge < -0.3 is 15.1 Å². The summed E-state index contributed by atoms with van der Waals surface area (Å²) in [6, 6.07) is 8.12. The van der Waals surface area contributed by atoms with Gasteiger partial charge in [-0.3, -0.25) is 19.5 Å². The van der Waals surface area contributed by atoms with Crippen LogP contribution in [0.2, 0.25) is 0 Å². The number of nitrogens with one attached hydrogen (secondary N) is 2. The van der Waals surface area contributed by atoms with Gasteiger partial charge in [0.25, 0.3) is 0 Å². The number of aromatic amines is 1. The van der Waals surface area contributed by atoms with Gasteiger partial charge in [0.15, 0.2) is 5.82 Å². The molecule has 1 aromatic carbocycles. The van der Waals surface area contributed by atoms with Crippen molar-refractivity contribution in [3.05, 3.63) is 47.5 Å². The highest BCUT2D eigenvalue weighted by Crippen LogP contribution is 2.24. The zero-order valence-corrected chi connectivity index (χ0v) is 16.7.